The molecule has 0 aliphatic heterocycles. The molecule has 1 unspecified atom stereocenters. The van der Waals surface area contributed by atoms with Crippen molar-refractivity contribution in [1.82, 2.24) is 0 Å². The molecule has 3 heteroatoms. The van der Waals surface area contributed by atoms with Crippen LogP contribution in [0.25, 0.3) is 11.1 Å². The van der Waals surface area contributed by atoms with Crippen LogP contribution in [0.15, 0.2) is 78.9 Å². The molecule has 1 aliphatic carbocycles. The van der Waals surface area contributed by atoms with E-state index < -0.39 is 5.72 Å². The van der Waals surface area contributed by atoms with E-state index in [0.29, 0.717) is 0 Å². The second kappa shape index (κ2) is 6.93. The van der Waals surface area contributed by atoms with E-state index in [9.17, 15) is 0 Å². The molecule has 0 fully saturated rings. The molecule has 3 aromatic carbocycles. The minimum absolute atomic E-state index is 0.754. The van der Waals surface area contributed by atoms with Crippen molar-refractivity contribution in [2.24, 2.45) is 5.73 Å². The van der Waals surface area contributed by atoms with Gasteiger partial charge in [0.05, 0.1) is 7.11 Å². The van der Waals surface area contributed by atoms with E-state index in [1.165, 1.54) is 11.1 Å². The van der Waals surface area contributed by atoms with E-state index in [1.807, 2.05) is 49.4 Å². The molecular weight excluding hydrogens is 334 g/mol. The van der Waals surface area contributed by atoms with Crippen LogP contribution in [0.2, 0.25) is 0 Å². The summed E-state index contributed by atoms with van der Waals surface area (Å²) in [5, 5.41) is 0. The molecule has 0 spiro atoms. The van der Waals surface area contributed by atoms with Gasteiger partial charge in [-0.2, -0.15) is 0 Å². The molecule has 1 aliphatic rings. The topological polar surface area (TPSA) is 44.5 Å². The lowest BCUT2D eigenvalue weighted by Crippen LogP contribution is -2.43. The highest BCUT2D eigenvalue weighted by Crippen LogP contribution is 2.44. The molecule has 0 bridgehead atoms. The molecule has 136 valence electrons. The van der Waals surface area contributed by atoms with Gasteiger partial charge in [-0.3, -0.25) is 5.73 Å². The lowest BCUT2D eigenvalue weighted by molar-refractivity contribution is 0.160. The van der Waals surface area contributed by atoms with Gasteiger partial charge in [-0.15, -0.1) is 0 Å². The first-order chi connectivity index (χ1) is 13.1. The van der Waals surface area contributed by atoms with Crippen LogP contribution in [0.1, 0.15) is 23.6 Å². The first-order valence-corrected chi connectivity index (χ1v) is 9.08. The summed E-state index contributed by atoms with van der Waals surface area (Å²) >= 11 is 0. The minimum Gasteiger partial charge on any atom is -0.497 e. The average molecular weight is 357 g/mol. The molecule has 4 rings (SSSR count). The second-order valence-corrected chi connectivity index (χ2v) is 6.94. The Morgan fingerprint density at radius 2 is 1.52 bits per heavy atom. The Morgan fingerprint density at radius 1 is 0.852 bits per heavy atom. The van der Waals surface area contributed by atoms with Gasteiger partial charge in [0.2, 0.25) is 0 Å². The van der Waals surface area contributed by atoms with E-state index in [2.05, 4.69) is 36.4 Å². The van der Waals surface area contributed by atoms with Crippen molar-refractivity contribution in [1.29, 1.82) is 0 Å². The number of methoxy groups -OCH3 is 1. The third-order valence-corrected chi connectivity index (χ3v) is 4.94. The zero-order valence-corrected chi connectivity index (χ0v) is 15.6. The summed E-state index contributed by atoms with van der Waals surface area (Å²) in [5.41, 5.74) is 11.5. The highest BCUT2D eigenvalue weighted by Gasteiger charge is 2.36. The Balaban J connectivity index is 1.84. The summed E-state index contributed by atoms with van der Waals surface area (Å²) in [6.45, 7) is 1.93. The normalized spacial score (nSPS) is 15.2. The molecule has 0 aromatic heterocycles. The standard InChI is InChI=1S/C24H23NO2/c1-24(25,27-19-11-7-4-8-12-19)23-21-14-13-20(26-2)15-18(21)16-22(23)17-9-5-3-6-10-17/h3-15H,16,25H2,1-2H3. The molecule has 1 atom stereocenters. The van der Waals surface area contributed by atoms with E-state index in [4.69, 9.17) is 15.2 Å². The van der Waals surface area contributed by atoms with Crippen molar-refractivity contribution < 1.29 is 9.47 Å². The summed E-state index contributed by atoms with van der Waals surface area (Å²) in [7, 11) is 1.69. The lowest BCUT2D eigenvalue weighted by Gasteiger charge is -2.30. The van der Waals surface area contributed by atoms with Crippen molar-refractivity contribution in [2.75, 3.05) is 7.11 Å². The summed E-state index contributed by atoms with van der Waals surface area (Å²) in [6.07, 6.45) is 0.802. The predicted molar refractivity (Wildman–Crippen MR) is 110 cm³/mol. The molecule has 0 heterocycles. The Hall–Kier alpha value is -3.04. The van der Waals surface area contributed by atoms with Crippen LogP contribution in [0.4, 0.5) is 0 Å². The molecular formula is C24H23NO2. The molecule has 0 saturated carbocycles. The highest BCUT2D eigenvalue weighted by atomic mass is 16.5. The minimum atomic E-state index is -0.966. The van der Waals surface area contributed by atoms with Crippen molar-refractivity contribution in [3.8, 4) is 11.5 Å². The van der Waals surface area contributed by atoms with E-state index in [-0.39, 0.29) is 0 Å². The molecule has 0 amide bonds. The SMILES string of the molecule is COc1ccc2c(c1)CC(c1ccccc1)=C2C(C)(N)Oc1ccccc1. The third kappa shape index (κ3) is 3.34. The molecule has 3 aromatic rings. The van der Waals surface area contributed by atoms with Crippen molar-refractivity contribution in [3.63, 3.8) is 0 Å². The summed E-state index contributed by atoms with van der Waals surface area (Å²) in [4.78, 5) is 0. The number of fused-ring (bicyclic) bond motifs is 1. The average Bonchev–Trinajstić information content (AvgIpc) is 3.08. The quantitative estimate of drug-likeness (QED) is 0.660. The zero-order chi connectivity index (χ0) is 18.9. The molecule has 0 saturated heterocycles. The molecule has 3 nitrogen and oxygen atoms in total. The first-order valence-electron chi connectivity index (χ1n) is 9.08. The Bertz CT molecular complexity index is 976. The monoisotopic (exact) mass is 357 g/mol. The smallest absolute Gasteiger partial charge is 0.182 e. The molecule has 27 heavy (non-hydrogen) atoms. The molecule has 2 N–H and O–H groups in total. The lowest BCUT2D eigenvalue weighted by atomic mass is 9.93. The van der Waals surface area contributed by atoms with Crippen LogP contribution in [-0.4, -0.2) is 12.8 Å². The van der Waals surface area contributed by atoms with Gasteiger partial charge in [0.25, 0.3) is 0 Å². The van der Waals surface area contributed by atoms with Gasteiger partial charge in [0.1, 0.15) is 11.5 Å². The maximum absolute atomic E-state index is 6.76. The summed E-state index contributed by atoms with van der Waals surface area (Å²) in [5.74, 6) is 1.61. The van der Waals surface area contributed by atoms with Gasteiger partial charge < -0.3 is 9.47 Å². The summed E-state index contributed by atoms with van der Waals surface area (Å²) in [6, 6.07) is 26.2. The fourth-order valence-electron chi connectivity index (χ4n) is 3.77. The Labute approximate surface area is 160 Å². The Morgan fingerprint density at radius 3 is 2.19 bits per heavy atom. The van der Waals surface area contributed by atoms with E-state index >= 15 is 0 Å². The van der Waals surface area contributed by atoms with Crippen molar-refractivity contribution >= 4 is 11.1 Å². The number of nitrogens with two attached hydrogens (primary N) is 1. The van der Waals surface area contributed by atoms with Crippen LogP contribution < -0.4 is 15.2 Å². The Kier molecular flexibility index (Phi) is 4.46. The second-order valence-electron chi connectivity index (χ2n) is 6.94. The van der Waals surface area contributed by atoms with E-state index in [1.54, 1.807) is 7.11 Å². The maximum atomic E-state index is 6.76. The van der Waals surface area contributed by atoms with Gasteiger partial charge >= 0.3 is 0 Å². The van der Waals surface area contributed by atoms with Gasteiger partial charge in [-0.1, -0.05) is 54.6 Å². The number of benzene rings is 3. The predicted octanol–water partition coefficient (Wildman–Crippen LogP) is 4.92. The van der Waals surface area contributed by atoms with Gasteiger partial charge in [0, 0.05) is 5.57 Å². The van der Waals surface area contributed by atoms with Gasteiger partial charge in [0.15, 0.2) is 5.72 Å². The number of ether oxygens (including phenoxy) is 2. The van der Waals surface area contributed by atoms with Crippen LogP contribution in [0.3, 0.4) is 0 Å². The third-order valence-electron chi connectivity index (χ3n) is 4.94. The van der Waals surface area contributed by atoms with Crippen LogP contribution in [0, 0.1) is 0 Å². The first kappa shape index (κ1) is 17.4. The highest BCUT2D eigenvalue weighted by molar-refractivity contribution is 6.00. The summed E-state index contributed by atoms with van der Waals surface area (Å²) < 4.78 is 11.7. The largest absolute Gasteiger partial charge is 0.497 e. The zero-order valence-electron chi connectivity index (χ0n) is 15.6. The number of hydrogen-bond donors (Lipinski definition) is 1. The van der Waals surface area contributed by atoms with Crippen molar-refractivity contribution in [3.05, 3.63) is 95.6 Å². The van der Waals surface area contributed by atoms with E-state index in [0.717, 1.165) is 34.6 Å². The van der Waals surface area contributed by atoms with Gasteiger partial charge in [-0.25, -0.2) is 0 Å². The maximum Gasteiger partial charge on any atom is 0.182 e. The van der Waals surface area contributed by atoms with Crippen LogP contribution >= 0.6 is 0 Å². The number of para-hydroxylation sites is 1. The number of hydrogen-bond acceptors (Lipinski definition) is 3. The fourth-order valence-corrected chi connectivity index (χ4v) is 3.77. The van der Waals surface area contributed by atoms with Gasteiger partial charge in [-0.05, 0) is 59.9 Å². The number of rotatable bonds is 5. The van der Waals surface area contributed by atoms with Crippen LogP contribution in [0.5, 0.6) is 11.5 Å². The number of allylic oxidation sites excluding steroid dienone is 1. The van der Waals surface area contributed by atoms with Crippen LogP contribution in [-0.2, 0) is 6.42 Å². The fraction of sp³-hybridized carbons (Fsp3) is 0.167. The molecule has 0 radical (unpaired) electrons. The van der Waals surface area contributed by atoms with Crippen molar-refractivity contribution in [2.45, 2.75) is 19.1 Å².